The predicted octanol–water partition coefficient (Wildman–Crippen LogP) is 0.799. The van der Waals surface area contributed by atoms with Crippen LogP contribution in [0, 0.1) is 23.2 Å². The Morgan fingerprint density at radius 2 is 2.17 bits per heavy atom. The molecule has 2 aliphatic rings. The first-order chi connectivity index (χ1) is 5.72. The third-order valence-electron chi connectivity index (χ3n) is 3.87. The zero-order valence-corrected chi connectivity index (χ0v) is 7.40. The van der Waals surface area contributed by atoms with E-state index in [2.05, 4.69) is 19.1 Å². The molecule has 0 unspecified atom stereocenters. The molecule has 1 fully saturated rings. The lowest BCUT2D eigenvalue weighted by molar-refractivity contribution is 0.0329. The molecule has 0 spiro atoms. The standard InChI is InChI=1S/C10H16O2/c1-10(6-12)8-3-2-7(4-8)9(10)5-11/h2-3,7-9,11-12H,4-6H2,1H3/t7-,8+,9-,10+/m0/s1. The molecule has 68 valence electrons. The number of rotatable bonds is 2. The van der Waals surface area contributed by atoms with Gasteiger partial charge in [0.1, 0.15) is 0 Å². The lowest BCUT2D eigenvalue weighted by atomic mass is 9.71. The third-order valence-corrected chi connectivity index (χ3v) is 3.87. The summed E-state index contributed by atoms with van der Waals surface area (Å²) < 4.78 is 0. The van der Waals surface area contributed by atoms with Gasteiger partial charge in [0.05, 0.1) is 0 Å². The van der Waals surface area contributed by atoms with E-state index in [1.807, 2.05) is 0 Å². The van der Waals surface area contributed by atoms with Crippen molar-refractivity contribution in [2.24, 2.45) is 23.2 Å². The number of aliphatic hydroxyl groups excluding tert-OH is 2. The zero-order valence-electron chi connectivity index (χ0n) is 7.40. The molecule has 2 bridgehead atoms. The van der Waals surface area contributed by atoms with Crippen molar-refractivity contribution in [2.45, 2.75) is 13.3 Å². The monoisotopic (exact) mass is 168 g/mol. The number of hydrogen-bond donors (Lipinski definition) is 2. The second-order valence-corrected chi connectivity index (χ2v) is 4.34. The first kappa shape index (κ1) is 8.27. The van der Waals surface area contributed by atoms with Gasteiger partial charge in [-0.25, -0.2) is 0 Å². The summed E-state index contributed by atoms with van der Waals surface area (Å²) in [6.07, 6.45) is 5.53. The molecule has 0 aliphatic heterocycles. The van der Waals surface area contributed by atoms with Crippen LogP contribution in [0.5, 0.6) is 0 Å². The molecule has 0 radical (unpaired) electrons. The largest absolute Gasteiger partial charge is 0.396 e. The van der Waals surface area contributed by atoms with Crippen molar-refractivity contribution in [3.05, 3.63) is 12.2 Å². The Bertz CT molecular complexity index is 212. The van der Waals surface area contributed by atoms with Crippen LogP contribution in [0.2, 0.25) is 0 Å². The maximum Gasteiger partial charge on any atom is 0.0494 e. The maximum absolute atomic E-state index is 9.30. The van der Waals surface area contributed by atoms with E-state index in [1.165, 1.54) is 0 Å². The van der Waals surface area contributed by atoms with Crippen molar-refractivity contribution in [1.29, 1.82) is 0 Å². The van der Waals surface area contributed by atoms with Gasteiger partial charge >= 0.3 is 0 Å². The molecule has 2 heteroatoms. The van der Waals surface area contributed by atoms with Gasteiger partial charge < -0.3 is 10.2 Å². The minimum Gasteiger partial charge on any atom is -0.396 e. The van der Waals surface area contributed by atoms with Crippen LogP contribution in [0.15, 0.2) is 12.2 Å². The topological polar surface area (TPSA) is 40.5 Å². The summed E-state index contributed by atoms with van der Waals surface area (Å²) in [6, 6.07) is 0. The van der Waals surface area contributed by atoms with Crippen LogP contribution in [0.1, 0.15) is 13.3 Å². The van der Waals surface area contributed by atoms with Gasteiger partial charge in [0.2, 0.25) is 0 Å². The summed E-state index contributed by atoms with van der Waals surface area (Å²) in [5.74, 6) is 1.28. The van der Waals surface area contributed by atoms with Crippen LogP contribution in [0.25, 0.3) is 0 Å². The fourth-order valence-corrected chi connectivity index (χ4v) is 2.86. The number of fused-ring (bicyclic) bond motifs is 2. The lowest BCUT2D eigenvalue weighted by Gasteiger charge is -2.36. The van der Waals surface area contributed by atoms with Crippen LogP contribution in [-0.4, -0.2) is 23.4 Å². The van der Waals surface area contributed by atoms with Crippen LogP contribution in [0.4, 0.5) is 0 Å². The van der Waals surface area contributed by atoms with Gasteiger partial charge in [-0.2, -0.15) is 0 Å². The molecular weight excluding hydrogens is 152 g/mol. The van der Waals surface area contributed by atoms with E-state index < -0.39 is 0 Å². The molecule has 4 atom stereocenters. The van der Waals surface area contributed by atoms with Crippen molar-refractivity contribution in [2.75, 3.05) is 13.2 Å². The van der Waals surface area contributed by atoms with Gasteiger partial charge in [0.25, 0.3) is 0 Å². The van der Waals surface area contributed by atoms with Crippen molar-refractivity contribution >= 4 is 0 Å². The first-order valence-corrected chi connectivity index (χ1v) is 4.62. The fraction of sp³-hybridized carbons (Fsp3) is 0.800. The molecule has 1 saturated carbocycles. The number of aliphatic hydroxyl groups is 2. The summed E-state index contributed by atoms with van der Waals surface area (Å²) in [7, 11) is 0. The van der Waals surface area contributed by atoms with Gasteiger partial charge in [-0.3, -0.25) is 0 Å². The summed E-state index contributed by atoms with van der Waals surface area (Å²) in [4.78, 5) is 0. The molecule has 12 heavy (non-hydrogen) atoms. The molecule has 2 nitrogen and oxygen atoms in total. The highest BCUT2D eigenvalue weighted by Gasteiger charge is 2.52. The lowest BCUT2D eigenvalue weighted by Crippen LogP contribution is -2.37. The highest BCUT2D eigenvalue weighted by Crippen LogP contribution is 2.55. The Kier molecular flexibility index (Phi) is 1.77. The van der Waals surface area contributed by atoms with Crippen LogP contribution in [-0.2, 0) is 0 Å². The normalized spacial score (nSPS) is 50.4. The molecule has 2 aliphatic carbocycles. The average Bonchev–Trinajstić information content (AvgIpc) is 2.63. The molecule has 0 aromatic rings. The summed E-state index contributed by atoms with van der Waals surface area (Å²) in [6.45, 7) is 2.49. The minimum absolute atomic E-state index is 0.0613. The molecule has 2 rings (SSSR count). The van der Waals surface area contributed by atoms with Crippen LogP contribution >= 0.6 is 0 Å². The first-order valence-electron chi connectivity index (χ1n) is 4.62. The maximum atomic E-state index is 9.30. The molecular formula is C10H16O2. The second-order valence-electron chi connectivity index (χ2n) is 4.34. The smallest absolute Gasteiger partial charge is 0.0494 e. The third kappa shape index (κ3) is 0.824. The number of allylic oxidation sites excluding steroid dienone is 2. The highest BCUT2D eigenvalue weighted by molar-refractivity contribution is 5.17. The van der Waals surface area contributed by atoms with E-state index in [4.69, 9.17) is 0 Å². The van der Waals surface area contributed by atoms with E-state index in [0.29, 0.717) is 11.8 Å². The van der Waals surface area contributed by atoms with Crippen molar-refractivity contribution in [1.82, 2.24) is 0 Å². The van der Waals surface area contributed by atoms with E-state index in [9.17, 15) is 10.2 Å². The van der Waals surface area contributed by atoms with E-state index in [-0.39, 0.29) is 24.5 Å². The number of hydrogen-bond acceptors (Lipinski definition) is 2. The van der Waals surface area contributed by atoms with Gasteiger partial charge in [-0.05, 0) is 24.2 Å². The van der Waals surface area contributed by atoms with E-state index >= 15 is 0 Å². The fourth-order valence-electron chi connectivity index (χ4n) is 2.86. The minimum atomic E-state index is -0.0613. The van der Waals surface area contributed by atoms with E-state index in [1.54, 1.807) is 0 Å². The van der Waals surface area contributed by atoms with Crippen molar-refractivity contribution in [3.63, 3.8) is 0 Å². The Labute approximate surface area is 72.9 Å². The van der Waals surface area contributed by atoms with E-state index in [0.717, 1.165) is 6.42 Å². The van der Waals surface area contributed by atoms with Gasteiger partial charge in [-0.1, -0.05) is 19.1 Å². The molecule has 0 aromatic heterocycles. The summed E-state index contributed by atoms with van der Waals surface area (Å²) in [5, 5.41) is 18.5. The van der Waals surface area contributed by atoms with Crippen molar-refractivity contribution < 1.29 is 10.2 Å². The van der Waals surface area contributed by atoms with Crippen LogP contribution < -0.4 is 0 Å². The van der Waals surface area contributed by atoms with Gasteiger partial charge in [0.15, 0.2) is 0 Å². The molecule has 0 aromatic carbocycles. The molecule has 2 N–H and O–H groups in total. The van der Waals surface area contributed by atoms with Crippen molar-refractivity contribution in [3.8, 4) is 0 Å². The molecule has 0 heterocycles. The Morgan fingerprint density at radius 3 is 2.67 bits per heavy atom. The summed E-state index contributed by atoms with van der Waals surface area (Å²) in [5.41, 5.74) is -0.0613. The van der Waals surface area contributed by atoms with Gasteiger partial charge in [-0.15, -0.1) is 0 Å². The Hall–Kier alpha value is -0.340. The van der Waals surface area contributed by atoms with Gasteiger partial charge in [0, 0.05) is 18.6 Å². The predicted molar refractivity (Wildman–Crippen MR) is 46.5 cm³/mol. The average molecular weight is 168 g/mol. The SMILES string of the molecule is C[C@@]1(CO)[C@@H]2C=C[C@@H](C2)[C@@H]1CO. The quantitative estimate of drug-likeness (QED) is 0.599. The summed E-state index contributed by atoms with van der Waals surface area (Å²) >= 11 is 0. The zero-order chi connectivity index (χ0) is 8.77. The second kappa shape index (κ2) is 2.57. The Morgan fingerprint density at radius 1 is 1.42 bits per heavy atom. The Balaban J connectivity index is 2.28. The molecule has 0 amide bonds. The van der Waals surface area contributed by atoms with Crippen LogP contribution in [0.3, 0.4) is 0 Å². The highest BCUT2D eigenvalue weighted by atomic mass is 16.3. The molecule has 0 saturated heterocycles.